The van der Waals surface area contributed by atoms with Gasteiger partial charge >= 0.3 is 12.1 Å². The highest BCUT2D eigenvalue weighted by molar-refractivity contribution is 5.74. The Morgan fingerprint density at radius 2 is 1.78 bits per heavy atom. The molecule has 3 atom stereocenters. The number of halogens is 5. The summed E-state index contributed by atoms with van der Waals surface area (Å²) in [5.74, 6) is -2.95. The number of fused-ring (bicyclic) bond motifs is 1. The van der Waals surface area contributed by atoms with E-state index in [2.05, 4.69) is 10.6 Å². The number of carboxylic acids is 1. The highest BCUT2D eigenvalue weighted by Crippen LogP contribution is 2.41. The summed E-state index contributed by atoms with van der Waals surface area (Å²) in [7, 11) is 1.27. The SMILES string of the molecule is CCC(OCCNC(c1ccccc1)[C@@H]1CNc2c(Cc3c(F)cccc3C(F)(F)F)c(C)c(-c3cccc(OC)c3F)c(=O)n21)C(=O)O. The van der Waals surface area contributed by atoms with E-state index in [1.807, 2.05) is 18.2 Å². The second kappa shape index (κ2) is 14.8. The molecule has 49 heavy (non-hydrogen) atoms. The van der Waals surface area contributed by atoms with Crippen LogP contribution in [0, 0.1) is 18.6 Å². The predicted octanol–water partition coefficient (Wildman–Crippen LogP) is 6.90. The Morgan fingerprint density at radius 3 is 2.43 bits per heavy atom. The third kappa shape index (κ3) is 7.18. The van der Waals surface area contributed by atoms with Crippen molar-refractivity contribution in [2.24, 2.45) is 0 Å². The van der Waals surface area contributed by atoms with E-state index < -0.39 is 65.1 Å². The number of alkyl halides is 3. The topological polar surface area (TPSA) is 102 Å². The average Bonchev–Trinajstić information content (AvgIpc) is 3.51. The largest absolute Gasteiger partial charge is 0.494 e. The van der Waals surface area contributed by atoms with Gasteiger partial charge in [-0.2, -0.15) is 13.2 Å². The summed E-state index contributed by atoms with van der Waals surface area (Å²) in [4.78, 5) is 26.0. The molecule has 0 saturated heterocycles. The fourth-order valence-corrected chi connectivity index (χ4v) is 6.42. The number of ether oxygens (including phenoxy) is 2. The summed E-state index contributed by atoms with van der Waals surface area (Å²) >= 11 is 0. The molecule has 0 amide bonds. The van der Waals surface area contributed by atoms with E-state index in [0.717, 1.165) is 23.8 Å². The van der Waals surface area contributed by atoms with Crippen LogP contribution in [-0.4, -0.2) is 48.6 Å². The number of aliphatic carboxylic acids is 1. The fourth-order valence-electron chi connectivity index (χ4n) is 6.42. The second-order valence-electron chi connectivity index (χ2n) is 11.7. The molecular formula is C36H36F5N3O5. The molecular weight excluding hydrogens is 649 g/mol. The first-order chi connectivity index (χ1) is 23.4. The van der Waals surface area contributed by atoms with E-state index in [-0.39, 0.29) is 59.9 Å². The number of pyridine rings is 1. The minimum atomic E-state index is -4.86. The van der Waals surface area contributed by atoms with Gasteiger partial charge < -0.3 is 25.2 Å². The molecule has 5 rings (SSSR count). The van der Waals surface area contributed by atoms with Crippen molar-refractivity contribution in [1.82, 2.24) is 9.88 Å². The van der Waals surface area contributed by atoms with Gasteiger partial charge in [0.05, 0.1) is 36.9 Å². The molecule has 0 fully saturated rings. The lowest BCUT2D eigenvalue weighted by molar-refractivity contribution is -0.150. The quantitative estimate of drug-likeness (QED) is 0.104. The van der Waals surface area contributed by atoms with E-state index in [1.165, 1.54) is 36.8 Å². The van der Waals surface area contributed by atoms with Crippen LogP contribution in [0.25, 0.3) is 11.1 Å². The highest BCUT2D eigenvalue weighted by atomic mass is 19.4. The maximum absolute atomic E-state index is 15.8. The summed E-state index contributed by atoms with van der Waals surface area (Å²) in [6.07, 6.45) is -6.15. The first kappa shape index (κ1) is 35.6. The van der Waals surface area contributed by atoms with E-state index in [4.69, 9.17) is 9.47 Å². The van der Waals surface area contributed by atoms with Gasteiger partial charge in [-0.3, -0.25) is 9.36 Å². The number of nitrogens with zero attached hydrogens (tertiary/aromatic N) is 1. The van der Waals surface area contributed by atoms with Gasteiger partial charge in [-0.15, -0.1) is 0 Å². The lowest BCUT2D eigenvalue weighted by atomic mass is 9.91. The maximum atomic E-state index is 15.8. The fraction of sp³-hybridized carbons (Fsp3) is 0.333. The Bertz CT molecular complexity index is 1880. The van der Waals surface area contributed by atoms with Gasteiger partial charge in [0.1, 0.15) is 11.6 Å². The molecule has 0 radical (unpaired) electrons. The number of nitrogens with one attached hydrogen (secondary N) is 2. The van der Waals surface area contributed by atoms with Crippen molar-refractivity contribution < 1.29 is 41.3 Å². The van der Waals surface area contributed by atoms with Crippen molar-refractivity contribution in [2.75, 3.05) is 32.1 Å². The summed E-state index contributed by atoms with van der Waals surface area (Å²) in [5.41, 5.74) is -1.47. The van der Waals surface area contributed by atoms with E-state index in [0.29, 0.717) is 0 Å². The monoisotopic (exact) mass is 685 g/mol. The maximum Gasteiger partial charge on any atom is 0.416 e. The average molecular weight is 686 g/mol. The van der Waals surface area contributed by atoms with E-state index in [9.17, 15) is 27.9 Å². The third-order valence-electron chi connectivity index (χ3n) is 8.80. The zero-order valence-electron chi connectivity index (χ0n) is 27.0. The molecule has 0 spiro atoms. The zero-order chi connectivity index (χ0) is 35.5. The number of carbonyl (C=O) groups is 1. The number of hydrogen-bond acceptors (Lipinski definition) is 6. The Hall–Kier alpha value is -4.75. The first-order valence-corrected chi connectivity index (χ1v) is 15.7. The van der Waals surface area contributed by atoms with Gasteiger partial charge in [0.2, 0.25) is 0 Å². The smallest absolute Gasteiger partial charge is 0.416 e. The van der Waals surface area contributed by atoms with Crippen LogP contribution in [0.4, 0.5) is 27.8 Å². The molecule has 8 nitrogen and oxygen atoms in total. The molecule has 2 unspecified atom stereocenters. The molecule has 1 aliphatic heterocycles. The molecule has 3 aromatic carbocycles. The lowest BCUT2D eigenvalue weighted by Gasteiger charge is -2.28. The van der Waals surface area contributed by atoms with Gasteiger partial charge in [-0.05, 0) is 42.7 Å². The molecule has 0 aliphatic carbocycles. The number of rotatable bonds is 13. The Balaban J connectivity index is 1.69. The normalized spacial score (nSPS) is 15.4. The summed E-state index contributed by atoms with van der Waals surface area (Å²) in [6.45, 7) is 3.54. The van der Waals surface area contributed by atoms with Gasteiger partial charge in [-0.25, -0.2) is 13.6 Å². The standard InChI is InChI=1S/C36H36F5N3O5/c1-4-28(35(46)47)49-17-16-42-32(21-10-6-5-7-11-21)27-19-43-33-23(18-24-25(36(39,40)41)13-9-14-26(24)37)20(2)30(34(45)44(27)33)22-12-8-15-29(48-3)31(22)38/h5-15,27-28,32,42-43H,4,16-19H2,1-3H3,(H,46,47)/t27-,28?,32?/m0/s1. The summed E-state index contributed by atoms with van der Waals surface area (Å²) < 4.78 is 85.5. The molecule has 1 aliphatic rings. The molecule has 2 heterocycles. The number of benzene rings is 3. The predicted molar refractivity (Wildman–Crippen MR) is 174 cm³/mol. The highest BCUT2D eigenvalue weighted by Gasteiger charge is 2.38. The molecule has 0 saturated carbocycles. The van der Waals surface area contributed by atoms with E-state index in [1.54, 1.807) is 19.1 Å². The van der Waals surface area contributed by atoms with Crippen molar-refractivity contribution in [3.05, 3.63) is 117 Å². The second-order valence-corrected chi connectivity index (χ2v) is 11.7. The van der Waals surface area contributed by atoms with Crippen molar-refractivity contribution in [3.63, 3.8) is 0 Å². The van der Waals surface area contributed by atoms with Crippen LogP contribution < -0.4 is 20.9 Å². The minimum absolute atomic E-state index is 0.0307. The van der Waals surface area contributed by atoms with Crippen LogP contribution in [0.2, 0.25) is 0 Å². The van der Waals surface area contributed by atoms with Crippen molar-refractivity contribution in [3.8, 4) is 16.9 Å². The van der Waals surface area contributed by atoms with Gasteiger partial charge in [0.15, 0.2) is 17.7 Å². The molecule has 260 valence electrons. The first-order valence-electron chi connectivity index (χ1n) is 15.7. The number of methoxy groups -OCH3 is 1. The molecule has 1 aromatic heterocycles. The van der Waals surface area contributed by atoms with Crippen LogP contribution >= 0.6 is 0 Å². The molecule has 13 heteroatoms. The van der Waals surface area contributed by atoms with Crippen molar-refractivity contribution in [2.45, 2.75) is 51.1 Å². The van der Waals surface area contributed by atoms with Crippen LogP contribution in [0.1, 0.15) is 53.2 Å². The van der Waals surface area contributed by atoms with Crippen LogP contribution in [-0.2, 0) is 22.1 Å². The third-order valence-corrected chi connectivity index (χ3v) is 8.80. The number of aromatic nitrogens is 1. The molecule has 0 bridgehead atoms. The van der Waals surface area contributed by atoms with E-state index >= 15 is 8.78 Å². The Labute approximate surface area is 279 Å². The van der Waals surface area contributed by atoms with Gasteiger partial charge in [0.25, 0.3) is 5.56 Å². The summed E-state index contributed by atoms with van der Waals surface area (Å²) in [5, 5.41) is 15.9. The molecule has 3 N–H and O–H groups in total. The lowest BCUT2D eigenvalue weighted by Crippen LogP contribution is -2.37. The number of hydrogen-bond donors (Lipinski definition) is 3. The van der Waals surface area contributed by atoms with Gasteiger partial charge in [0, 0.05) is 36.2 Å². The number of carboxylic acid groups (broad SMARTS) is 1. The molecule has 4 aromatic rings. The summed E-state index contributed by atoms with van der Waals surface area (Å²) in [6, 6.07) is 14.8. The Morgan fingerprint density at radius 1 is 1.06 bits per heavy atom. The van der Waals surface area contributed by atoms with Crippen LogP contribution in [0.3, 0.4) is 0 Å². The van der Waals surface area contributed by atoms with Crippen LogP contribution in [0.5, 0.6) is 5.75 Å². The minimum Gasteiger partial charge on any atom is -0.494 e. The Kier molecular flexibility index (Phi) is 10.7. The van der Waals surface area contributed by atoms with Crippen molar-refractivity contribution in [1.29, 1.82) is 0 Å². The van der Waals surface area contributed by atoms with Crippen LogP contribution in [0.15, 0.2) is 71.5 Å². The number of anilines is 1. The van der Waals surface area contributed by atoms with Crippen molar-refractivity contribution >= 4 is 11.8 Å². The van der Waals surface area contributed by atoms with Gasteiger partial charge in [-0.1, -0.05) is 55.5 Å². The zero-order valence-corrected chi connectivity index (χ0v) is 27.0.